The molecule has 0 aliphatic heterocycles. The molecule has 0 bridgehead atoms. The van der Waals surface area contributed by atoms with E-state index in [4.69, 9.17) is 6.42 Å². The number of esters is 1. The van der Waals surface area contributed by atoms with Crippen molar-refractivity contribution in [2.75, 3.05) is 7.11 Å². The van der Waals surface area contributed by atoms with E-state index in [1.54, 1.807) is 0 Å². The lowest BCUT2D eigenvalue weighted by molar-refractivity contribution is -0.509. The Kier molecular flexibility index (Phi) is 3.67. The fourth-order valence-corrected chi connectivity index (χ4v) is 0.492. The standard InChI is InChI=1S/C6H7NO4/c1-3-4-5(7(9)10)6(8)11-2/h1,5H,4H2,2H3. The molecule has 0 saturated carbocycles. The molecule has 0 N–H and O–H groups in total. The quantitative estimate of drug-likeness (QED) is 0.247. The maximum atomic E-state index is 10.6. The van der Waals surface area contributed by atoms with Crippen molar-refractivity contribution >= 4 is 5.97 Å². The Labute approximate surface area is 63.5 Å². The Hall–Kier alpha value is -1.57. The van der Waals surface area contributed by atoms with E-state index in [-0.39, 0.29) is 6.42 Å². The number of hydrogen-bond donors (Lipinski definition) is 0. The zero-order valence-electron chi connectivity index (χ0n) is 5.94. The summed E-state index contributed by atoms with van der Waals surface area (Å²) in [6, 6.07) is -1.43. The zero-order chi connectivity index (χ0) is 8.85. The second-order valence-corrected chi connectivity index (χ2v) is 1.73. The summed E-state index contributed by atoms with van der Waals surface area (Å²) in [5.41, 5.74) is 0. The van der Waals surface area contributed by atoms with E-state index in [1.165, 1.54) is 0 Å². The average Bonchev–Trinajstić information content (AvgIpc) is 1.98. The van der Waals surface area contributed by atoms with Gasteiger partial charge in [-0.15, -0.1) is 6.42 Å². The van der Waals surface area contributed by atoms with Gasteiger partial charge in [-0.2, -0.15) is 0 Å². The van der Waals surface area contributed by atoms with Crippen molar-refractivity contribution in [3.05, 3.63) is 10.1 Å². The summed E-state index contributed by atoms with van der Waals surface area (Å²) in [6.45, 7) is 0. The molecule has 0 rings (SSSR count). The molecule has 60 valence electrons. The fraction of sp³-hybridized carbons (Fsp3) is 0.500. The lowest BCUT2D eigenvalue weighted by atomic mass is 10.2. The van der Waals surface area contributed by atoms with Gasteiger partial charge in [-0.05, 0) is 0 Å². The highest BCUT2D eigenvalue weighted by Crippen LogP contribution is 1.97. The molecule has 5 heteroatoms. The van der Waals surface area contributed by atoms with Crippen molar-refractivity contribution in [2.24, 2.45) is 0 Å². The molecule has 5 nitrogen and oxygen atoms in total. The van der Waals surface area contributed by atoms with Gasteiger partial charge < -0.3 is 4.74 Å². The molecule has 0 amide bonds. The Morgan fingerprint density at radius 1 is 1.91 bits per heavy atom. The van der Waals surface area contributed by atoms with Crippen LogP contribution in [0.4, 0.5) is 0 Å². The highest BCUT2D eigenvalue weighted by atomic mass is 16.6. The van der Waals surface area contributed by atoms with Crippen LogP contribution in [0.15, 0.2) is 0 Å². The van der Waals surface area contributed by atoms with Gasteiger partial charge in [0.05, 0.1) is 13.5 Å². The third-order valence-corrected chi connectivity index (χ3v) is 1.04. The number of carbonyl (C=O) groups excluding carboxylic acids is 1. The first-order valence-corrected chi connectivity index (χ1v) is 2.78. The van der Waals surface area contributed by atoms with E-state index in [1.807, 2.05) is 5.92 Å². The van der Waals surface area contributed by atoms with Gasteiger partial charge in [0.15, 0.2) is 0 Å². The van der Waals surface area contributed by atoms with Gasteiger partial charge in [0.25, 0.3) is 0 Å². The Morgan fingerprint density at radius 2 is 2.45 bits per heavy atom. The van der Waals surface area contributed by atoms with Gasteiger partial charge in [-0.3, -0.25) is 10.1 Å². The van der Waals surface area contributed by atoms with E-state index < -0.39 is 16.9 Å². The summed E-state index contributed by atoms with van der Waals surface area (Å²) in [6.07, 6.45) is 4.56. The van der Waals surface area contributed by atoms with Gasteiger partial charge in [0, 0.05) is 4.92 Å². The number of carbonyl (C=O) groups is 1. The summed E-state index contributed by atoms with van der Waals surface area (Å²) in [5.74, 6) is 1.11. The molecule has 0 aliphatic carbocycles. The van der Waals surface area contributed by atoms with Crippen LogP contribution < -0.4 is 0 Å². The number of ether oxygens (including phenoxy) is 1. The zero-order valence-corrected chi connectivity index (χ0v) is 5.94. The lowest BCUT2D eigenvalue weighted by Crippen LogP contribution is -2.30. The van der Waals surface area contributed by atoms with E-state index in [0.717, 1.165) is 7.11 Å². The second-order valence-electron chi connectivity index (χ2n) is 1.73. The van der Waals surface area contributed by atoms with Crippen LogP contribution in [0.2, 0.25) is 0 Å². The molecule has 0 aromatic heterocycles. The largest absolute Gasteiger partial charge is 0.464 e. The molecule has 1 atom stereocenters. The molecule has 0 spiro atoms. The van der Waals surface area contributed by atoms with Crippen LogP contribution in [0.1, 0.15) is 6.42 Å². The summed E-state index contributed by atoms with van der Waals surface area (Å²) in [7, 11) is 1.08. The van der Waals surface area contributed by atoms with Gasteiger partial charge in [0.2, 0.25) is 0 Å². The number of rotatable bonds is 3. The van der Waals surface area contributed by atoms with Crippen molar-refractivity contribution in [3.8, 4) is 12.3 Å². The van der Waals surface area contributed by atoms with Crippen molar-refractivity contribution in [1.82, 2.24) is 0 Å². The van der Waals surface area contributed by atoms with Gasteiger partial charge in [-0.25, -0.2) is 4.79 Å². The predicted octanol–water partition coefficient (Wildman–Crippen LogP) is -0.172. The minimum absolute atomic E-state index is 0.236. The fourth-order valence-electron chi connectivity index (χ4n) is 0.492. The normalized spacial score (nSPS) is 11.3. The average molecular weight is 157 g/mol. The number of nitrogens with zero attached hydrogens (tertiary/aromatic N) is 1. The van der Waals surface area contributed by atoms with Crippen LogP contribution in [0.25, 0.3) is 0 Å². The third-order valence-electron chi connectivity index (χ3n) is 1.04. The van der Waals surface area contributed by atoms with E-state index >= 15 is 0 Å². The van der Waals surface area contributed by atoms with E-state index in [9.17, 15) is 14.9 Å². The minimum Gasteiger partial charge on any atom is -0.464 e. The highest BCUT2D eigenvalue weighted by Gasteiger charge is 2.29. The van der Waals surface area contributed by atoms with Gasteiger partial charge in [0.1, 0.15) is 0 Å². The number of methoxy groups -OCH3 is 1. The van der Waals surface area contributed by atoms with E-state index in [0.29, 0.717) is 0 Å². The van der Waals surface area contributed by atoms with Crippen molar-refractivity contribution in [1.29, 1.82) is 0 Å². The summed E-state index contributed by atoms with van der Waals surface area (Å²) in [5, 5.41) is 10.1. The van der Waals surface area contributed by atoms with E-state index in [2.05, 4.69) is 4.74 Å². The molecular formula is C6H7NO4. The van der Waals surface area contributed by atoms with Crippen LogP contribution >= 0.6 is 0 Å². The predicted molar refractivity (Wildman–Crippen MR) is 36.2 cm³/mol. The molecule has 0 aromatic rings. The molecule has 0 aliphatic rings. The first-order chi connectivity index (χ1) is 5.13. The molecule has 0 radical (unpaired) electrons. The Bertz CT molecular complexity index is 205. The van der Waals surface area contributed by atoms with Gasteiger partial charge in [-0.1, -0.05) is 5.92 Å². The number of terminal acetylenes is 1. The second kappa shape index (κ2) is 4.28. The van der Waals surface area contributed by atoms with Crippen LogP contribution in [0.3, 0.4) is 0 Å². The molecule has 0 saturated heterocycles. The topological polar surface area (TPSA) is 69.4 Å². The smallest absolute Gasteiger partial charge is 0.382 e. The number of nitro groups is 1. The molecule has 11 heavy (non-hydrogen) atoms. The minimum atomic E-state index is -1.43. The summed E-state index contributed by atoms with van der Waals surface area (Å²) >= 11 is 0. The molecule has 1 unspecified atom stereocenters. The van der Waals surface area contributed by atoms with Crippen LogP contribution in [-0.2, 0) is 9.53 Å². The van der Waals surface area contributed by atoms with Crippen molar-refractivity contribution < 1.29 is 14.5 Å². The van der Waals surface area contributed by atoms with Crippen LogP contribution in [-0.4, -0.2) is 24.0 Å². The van der Waals surface area contributed by atoms with Gasteiger partial charge >= 0.3 is 12.0 Å². The SMILES string of the molecule is C#CCC(C(=O)OC)[N+](=O)[O-]. The molecule has 0 heterocycles. The van der Waals surface area contributed by atoms with Crippen molar-refractivity contribution in [3.63, 3.8) is 0 Å². The highest BCUT2D eigenvalue weighted by molar-refractivity contribution is 5.74. The molecule has 0 fully saturated rings. The third kappa shape index (κ3) is 2.67. The Morgan fingerprint density at radius 3 is 2.73 bits per heavy atom. The number of hydrogen-bond acceptors (Lipinski definition) is 4. The van der Waals surface area contributed by atoms with Crippen LogP contribution in [0.5, 0.6) is 0 Å². The van der Waals surface area contributed by atoms with Crippen molar-refractivity contribution in [2.45, 2.75) is 12.5 Å². The summed E-state index contributed by atoms with van der Waals surface area (Å²) < 4.78 is 4.15. The maximum Gasteiger partial charge on any atom is 0.382 e. The van der Waals surface area contributed by atoms with Crippen LogP contribution in [0, 0.1) is 22.5 Å². The maximum absolute atomic E-state index is 10.6. The Balaban J connectivity index is 4.24. The first kappa shape index (κ1) is 9.43. The first-order valence-electron chi connectivity index (χ1n) is 2.78. The molecular weight excluding hydrogens is 150 g/mol. The molecule has 0 aromatic carbocycles. The lowest BCUT2D eigenvalue weighted by Gasteiger charge is -2.01. The summed E-state index contributed by atoms with van der Waals surface area (Å²) in [4.78, 5) is 19.9. The monoisotopic (exact) mass is 157 g/mol.